The molecule has 14 heavy (non-hydrogen) atoms. The smallest absolute Gasteiger partial charge is 0.162 e. The highest BCUT2D eigenvalue weighted by atomic mass is 19.1. The van der Waals surface area contributed by atoms with Crippen LogP contribution >= 0.6 is 0 Å². The summed E-state index contributed by atoms with van der Waals surface area (Å²) in [6.07, 6.45) is 0.413. The monoisotopic (exact) mass is 191 g/mol. The molecular weight excluding hydrogens is 181 g/mol. The van der Waals surface area contributed by atoms with Gasteiger partial charge >= 0.3 is 0 Å². The van der Waals surface area contributed by atoms with Crippen molar-refractivity contribution in [3.8, 4) is 6.07 Å². The van der Waals surface area contributed by atoms with E-state index in [9.17, 15) is 9.18 Å². The largest absolute Gasteiger partial charge is 0.294 e. The summed E-state index contributed by atoms with van der Waals surface area (Å²) in [5, 5.41) is 8.70. The second-order valence-electron chi connectivity index (χ2n) is 2.97. The molecule has 0 aliphatic heterocycles. The molecule has 72 valence electrons. The van der Waals surface area contributed by atoms with Crippen LogP contribution in [0.1, 0.15) is 35.3 Å². The topological polar surface area (TPSA) is 40.9 Å². The van der Waals surface area contributed by atoms with Gasteiger partial charge in [0.15, 0.2) is 5.78 Å². The molecule has 1 aromatic rings. The van der Waals surface area contributed by atoms with E-state index in [2.05, 4.69) is 0 Å². The van der Waals surface area contributed by atoms with E-state index < -0.39 is 5.82 Å². The molecule has 2 nitrogen and oxygen atoms in total. The number of ketones is 1. The van der Waals surface area contributed by atoms with Crippen LogP contribution in [0.5, 0.6) is 0 Å². The van der Waals surface area contributed by atoms with Crippen LogP contribution in [0.2, 0.25) is 0 Å². The van der Waals surface area contributed by atoms with Crippen LogP contribution in [0.25, 0.3) is 0 Å². The Morgan fingerprint density at radius 2 is 2.21 bits per heavy atom. The van der Waals surface area contributed by atoms with Crippen molar-refractivity contribution in [1.82, 2.24) is 0 Å². The molecule has 0 radical (unpaired) electrons. The second kappa shape index (κ2) is 4.01. The molecule has 0 heterocycles. The quantitative estimate of drug-likeness (QED) is 0.674. The maximum absolute atomic E-state index is 13.6. The third-order valence-electron chi connectivity index (χ3n) is 2.10. The lowest BCUT2D eigenvalue weighted by Gasteiger charge is -2.05. The third kappa shape index (κ3) is 1.64. The van der Waals surface area contributed by atoms with E-state index in [4.69, 9.17) is 5.26 Å². The number of nitrogens with zero attached hydrogens (tertiary/aromatic N) is 1. The van der Waals surface area contributed by atoms with Gasteiger partial charge in [0.25, 0.3) is 0 Å². The van der Waals surface area contributed by atoms with Crippen molar-refractivity contribution in [2.75, 3.05) is 0 Å². The zero-order valence-corrected chi connectivity index (χ0v) is 8.10. The molecule has 1 aromatic carbocycles. The van der Waals surface area contributed by atoms with Gasteiger partial charge in [0.05, 0.1) is 17.2 Å². The van der Waals surface area contributed by atoms with Crippen molar-refractivity contribution in [2.24, 2.45) is 0 Å². The summed E-state index contributed by atoms with van der Waals surface area (Å²) in [5.74, 6) is -0.874. The van der Waals surface area contributed by atoms with E-state index in [1.165, 1.54) is 19.1 Å². The van der Waals surface area contributed by atoms with E-state index in [1.54, 1.807) is 6.92 Å². The summed E-state index contributed by atoms with van der Waals surface area (Å²) >= 11 is 0. The van der Waals surface area contributed by atoms with Gasteiger partial charge in [-0.05, 0) is 25.5 Å². The lowest BCUT2D eigenvalue weighted by Crippen LogP contribution is -2.03. The number of halogens is 1. The molecule has 0 amide bonds. The first-order chi connectivity index (χ1) is 6.61. The summed E-state index contributed by atoms with van der Waals surface area (Å²) in [7, 11) is 0. The van der Waals surface area contributed by atoms with Crippen molar-refractivity contribution < 1.29 is 9.18 Å². The van der Waals surface area contributed by atoms with Gasteiger partial charge in [0.2, 0.25) is 0 Å². The molecule has 0 atom stereocenters. The molecule has 0 aliphatic carbocycles. The maximum atomic E-state index is 13.6. The highest BCUT2D eigenvalue weighted by Gasteiger charge is 2.14. The molecule has 0 saturated heterocycles. The molecule has 0 N–H and O–H groups in total. The molecular formula is C11H10FNO. The zero-order chi connectivity index (χ0) is 10.7. The minimum Gasteiger partial charge on any atom is -0.294 e. The second-order valence-corrected chi connectivity index (χ2v) is 2.97. The number of benzene rings is 1. The summed E-state index contributed by atoms with van der Waals surface area (Å²) in [6, 6.07) is 4.74. The van der Waals surface area contributed by atoms with E-state index in [0.29, 0.717) is 17.5 Å². The fraction of sp³-hybridized carbons (Fsp3) is 0.273. The lowest BCUT2D eigenvalue weighted by atomic mass is 10.00. The standard InChI is InChI=1S/C11H10FNO/c1-3-9-8(6-13)4-5-10(7(2)14)11(9)12/h4-5H,3H2,1-2H3. The van der Waals surface area contributed by atoms with E-state index in [-0.39, 0.29) is 11.3 Å². The number of rotatable bonds is 2. The Bertz CT molecular complexity index is 418. The minimum absolute atomic E-state index is 0.0563. The van der Waals surface area contributed by atoms with Gasteiger partial charge < -0.3 is 0 Å². The lowest BCUT2D eigenvalue weighted by molar-refractivity contribution is 0.101. The van der Waals surface area contributed by atoms with Gasteiger partial charge in [-0.25, -0.2) is 4.39 Å². The maximum Gasteiger partial charge on any atom is 0.162 e. The molecule has 0 fully saturated rings. The number of carbonyl (C=O) groups is 1. The summed E-state index contributed by atoms with van der Waals surface area (Å²) in [6.45, 7) is 3.06. The van der Waals surface area contributed by atoms with E-state index >= 15 is 0 Å². The molecule has 1 rings (SSSR count). The normalized spacial score (nSPS) is 9.57. The average molecular weight is 191 g/mol. The molecule has 0 bridgehead atoms. The van der Waals surface area contributed by atoms with Gasteiger partial charge in [0.1, 0.15) is 5.82 Å². The minimum atomic E-state index is -0.556. The zero-order valence-electron chi connectivity index (χ0n) is 8.10. The Kier molecular flexibility index (Phi) is 2.98. The van der Waals surface area contributed by atoms with Gasteiger partial charge in [-0.3, -0.25) is 4.79 Å². The van der Waals surface area contributed by atoms with Gasteiger partial charge in [-0.15, -0.1) is 0 Å². The first-order valence-electron chi connectivity index (χ1n) is 4.34. The predicted octanol–water partition coefficient (Wildman–Crippen LogP) is 2.46. The first kappa shape index (κ1) is 10.4. The molecule has 0 saturated carbocycles. The predicted molar refractivity (Wildman–Crippen MR) is 50.5 cm³/mol. The highest BCUT2D eigenvalue weighted by molar-refractivity contribution is 5.94. The van der Waals surface area contributed by atoms with Gasteiger partial charge in [-0.2, -0.15) is 5.26 Å². The SMILES string of the molecule is CCc1c(C#N)ccc(C(C)=O)c1F. The molecule has 3 heteroatoms. The van der Waals surface area contributed by atoms with Gasteiger partial charge in [-0.1, -0.05) is 6.92 Å². The fourth-order valence-electron chi connectivity index (χ4n) is 1.34. The Labute approximate surface area is 82.0 Å². The number of nitriles is 1. The van der Waals surface area contributed by atoms with Crippen LogP contribution in [0.15, 0.2) is 12.1 Å². The summed E-state index contributed by atoms with van der Waals surface area (Å²) in [4.78, 5) is 11.0. The fourth-order valence-corrected chi connectivity index (χ4v) is 1.34. The molecule has 0 aromatic heterocycles. The van der Waals surface area contributed by atoms with Crippen molar-refractivity contribution in [3.05, 3.63) is 34.6 Å². The Hall–Kier alpha value is -1.69. The van der Waals surface area contributed by atoms with Crippen molar-refractivity contribution in [2.45, 2.75) is 20.3 Å². The van der Waals surface area contributed by atoms with Crippen molar-refractivity contribution >= 4 is 5.78 Å². The molecule has 0 aliphatic rings. The van der Waals surface area contributed by atoms with Crippen molar-refractivity contribution in [3.63, 3.8) is 0 Å². The number of Topliss-reactive ketones (excluding diaryl/α,β-unsaturated/α-hetero) is 1. The third-order valence-corrected chi connectivity index (χ3v) is 2.10. The van der Waals surface area contributed by atoms with Crippen LogP contribution in [-0.4, -0.2) is 5.78 Å². The Morgan fingerprint density at radius 1 is 1.57 bits per heavy atom. The van der Waals surface area contributed by atoms with Crippen molar-refractivity contribution in [1.29, 1.82) is 5.26 Å². The summed E-state index contributed by atoms with van der Waals surface area (Å²) in [5.41, 5.74) is 0.677. The summed E-state index contributed by atoms with van der Waals surface area (Å²) < 4.78 is 13.6. The van der Waals surface area contributed by atoms with Crippen LogP contribution in [0, 0.1) is 17.1 Å². The molecule has 0 spiro atoms. The Balaban J connectivity index is 3.44. The number of carbonyl (C=O) groups excluding carboxylic acids is 1. The van der Waals surface area contributed by atoms with Crippen LogP contribution < -0.4 is 0 Å². The van der Waals surface area contributed by atoms with Crippen LogP contribution in [-0.2, 0) is 6.42 Å². The number of hydrogen-bond donors (Lipinski definition) is 0. The average Bonchev–Trinajstić information content (AvgIpc) is 2.16. The van der Waals surface area contributed by atoms with E-state index in [1.807, 2.05) is 6.07 Å². The van der Waals surface area contributed by atoms with Crippen LogP contribution in [0.3, 0.4) is 0 Å². The van der Waals surface area contributed by atoms with E-state index in [0.717, 1.165) is 0 Å². The van der Waals surface area contributed by atoms with Gasteiger partial charge in [0, 0.05) is 5.56 Å². The number of hydrogen-bond acceptors (Lipinski definition) is 2. The van der Waals surface area contributed by atoms with Crippen LogP contribution in [0.4, 0.5) is 4.39 Å². The first-order valence-corrected chi connectivity index (χ1v) is 4.34. The Morgan fingerprint density at radius 3 is 2.64 bits per heavy atom. The molecule has 0 unspecified atom stereocenters. The highest BCUT2D eigenvalue weighted by Crippen LogP contribution is 2.18.